The summed E-state index contributed by atoms with van der Waals surface area (Å²) in [4.78, 5) is 14.4. The van der Waals surface area contributed by atoms with E-state index in [1.807, 2.05) is 30.3 Å². The lowest BCUT2D eigenvalue weighted by molar-refractivity contribution is 0.0697. The van der Waals surface area contributed by atoms with Crippen LogP contribution >= 0.6 is 0 Å². The molecule has 4 aromatic rings. The Morgan fingerprint density at radius 3 is 2.56 bits per heavy atom. The van der Waals surface area contributed by atoms with Gasteiger partial charge in [0.1, 0.15) is 12.4 Å². The van der Waals surface area contributed by atoms with E-state index in [-0.39, 0.29) is 11.5 Å². The molecule has 0 unspecified atom stereocenters. The number of hydrogen-bond acceptors (Lipinski definition) is 7. The molecule has 236 valence electrons. The van der Waals surface area contributed by atoms with Crippen LogP contribution in [0.15, 0.2) is 59.5 Å². The Balaban J connectivity index is 1.26. The maximum absolute atomic E-state index is 12.4. The molecule has 10 heteroatoms. The zero-order valence-electron chi connectivity index (χ0n) is 25.5. The molecule has 7 rings (SSSR count). The first-order valence-corrected chi connectivity index (χ1v) is 17.7. The molecule has 0 atom stereocenters. The van der Waals surface area contributed by atoms with Crippen molar-refractivity contribution < 1.29 is 27.8 Å². The highest BCUT2D eigenvalue weighted by molar-refractivity contribution is 7.90. The van der Waals surface area contributed by atoms with Gasteiger partial charge in [-0.15, -0.1) is 0 Å². The molecule has 45 heavy (non-hydrogen) atoms. The van der Waals surface area contributed by atoms with E-state index in [2.05, 4.69) is 20.9 Å². The largest absolute Gasteiger partial charge is 0.489 e. The number of ether oxygens (including phenoxy) is 2. The van der Waals surface area contributed by atoms with Crippen molar-refractivity contribution in [3.63, 3.8) is 0 Å². The molecule has 0 radical (unpaired) electrons. The molecule has 1 aromatic heterocycles. The number of fused-ring (bicyclic) bond motifs is 5. The van der Waals surface area contributed by atoms with Crippen LogP contribution in [0.1, 0.15) is 59.5 Å². The number of sulfone groups is 1. The van der Waals surface area contributed by atoms with Gasteiger partial charge in [-0.25, -0.2) is 13.2 Å². The van der Waals surface area contributed by atoms with Gasteiger partial charge >= 0.3 is 5.97 Å². The minimum atomic E-state index is -3.38. The van der Waals surface area contributed by atoms with Gasteiger partial charge in [-0.1, -0.05) is 25.3 Å². The van der Waals surface area contributed by atoms with Crippen molar-refractivity contribution >= 4 is 38.1 Å². The van der Waals surface area contributed by atoms with Crippen LogP contribution in [-0.4, -0.2) is 63.2 Å². The van der Waals surface area contributed by atoms with Gasteiger partial charge in [-0.05, 0) is 66.8 Å². The van der Waals surface area contributed by atoms with Crippen LogP contribution in [0.25, 0.3) is 22.2 Å². The molecular weight excluding hydrogens is 590 g/mol. The molecule has 1 aliphatic carbocycles. The molecule has 2 aliphatic heterocycles. The smallest absolute Gasteiger partial charge is 0.335 e. The number of aromatic nitrogens is 1. The second-order valence-electron chi connectivity index (χ2n) is 12.4. The number of nitrogens with one attached hydrogen (secondary N) is 1. The van der Waals surface area contributed by atoms with E-state index >= 15 is 0 Å². The summed E-state index contributed by atoms with van der Waals surface area (Å²) >= 11 is 0. The van der Waals surface area contributed by atoms with Crippen molar-refractivity contribution in [2.75, 3.05) is 49.3 Å². The maximum Gasteiger partial charge on any atom is 0.335 e. The van der Waals surface area contributed by atoms with E-state index < -0.39 is 15.8 Å². The number of hydrogen-bond donors (Lipinski definition) is 2. The monoisotopic (exact) mass is 629 g/mol. The van der Waals surface area contributed by atoms with Crippen LogP contribution in [-0.2, 0) is 27.7 Å². The molecule has 1 saturated carbocycles. The lowest BCUT2D eigenvalue weighted by Gasteiger charge is -2.31. The first-order chi connectivity index (χ1) is 21.8. The van der Waals surface area contributed by atoms with Gasteiger partial charge in [0.25, 0.3) is 0 Å². The predicted molar refractivity (Wildman–Crippen MR) is 176 cm³/mol. The maximum atomic E-state index is 12.4. The minimum absolute atomic E-state index is 0.223. The highest BCUT2D eigenvalue weighted by atomic mass is 32.2. The lowest BCUT2D eigenvalue weighted by atomic mass is 9.81. The molecule has 3 heterocycles. The van der Waals surface area contributed by atoms with Crippen LogP contribution in [0, 0.1) is 0 Å². The summed E-state index contributed by atoms with van der Waals surface area (Å²) in [6.07, 6.45) is 7.16. The van der Waals surface area contributed by atoms with Gasteiger partial charge in [0.2, 0.25) is 0 Å². The number of carboxylic acid groups (broad SMARTS) is 1. The fourth-order valence-electron chi connectivity index (χ4n) is 7.29. The average Bonchev–Trinajstić information content (AvgIpc) is 3.25. The van der Waals surface area contributed by atoms with Crippen molar-refractivity contribution in [2.24, 2.45) is 0 Å². The highest BCUT2D eigenvalue weighted by Crippen LogP contribution is 2.47. The molecule has 1 saturated heterocycles. The zero-order chi connectivity index (χ0) is 31.1. The lowest BCUT2D eigenvalue weighted by Crippen LogP contribution is -2.36. The molecule has 0 spiro atoms. The molecule has 0 amide bonds. The molecular formula is C35H39N3O6S. The molecule has 3 aromatic carbocycles. The molecule has 2 fully saturated rings. The van der Waals surface area contributed by atoms with Gasteiger partial charge in [0.05, 0.1) is 29.4 Å². The highest BCUT2D eigenvalue weighted by Gasteiger charge is 2.29. The second-order valence-corrected chi connectivity index (χ2v) is 14.4. The number of morpholine rings is 1. The van der Waals surface area contributed by atoms with E-state index in [4.69, 9.17) is 9.47 Å². The summed E-state index contributed by atoms with van der Waals surface area (Å²) in [6, 6.07) is 16.9. The third-order valence-electron chi connectivity index (χ3n) is 9.49. The Hall–Kier alpha value is -4.02. The third kappa shape index (κ3) is 5.77. The van der Waals surface area contributed by atoms with Crippen molar-refractivity contribution in [1.29, 1.82) is 0 Å². The second kappa shape index (κ2) is 12.1. The predicted octanol–water partition coefficient (Wildman–Crippen LogP) is 6.30. The van der Waals surface area contributed by atoms with Crippen LogP contribution in [0.3, 0.4) is 0 Å². The third-order valence-corrected chi connectivity index (χ3v) is 10.6. The van der Waals surface area contributed by atoms with Crippen LogP contribution < -0.4 is 15.0 Å². The normalized spacial score (nSPS) is 17.3. The molecule has 3 aliphatic rings. The van der Waals surface area contributed by atoms with Gasteiger partial charge in [-0.3, -0.25) is 0 Å². The number of carboxylic acids is 1. The Bertz CT molecular complexity index is 1870. The quantitative estimate of drug-likeness (QED) is 0.245. The summed E-state index contributed by atoms with van der Waals surface area (Å²) in [5.74, 6) is 0.200. The van der Waals surface area contributed by atoms with Gasteiger partial charge < -0.3 is 29.4 Å². The van der Waals surface area contributed by atoms with E-state index in [1.165, 1.54) is 36.8 Å². The van der Waals surface area contributed by atoms with E-state index in [1.54, 1.807) is 18.2 Å². The molecule has 0 bridgehead atoms. The van der Waals surface area contributed by atoms with Crippen molar-refractivity contribution in [2.45, 2.75) is 56.1 Å². The number of rotatable bonds is 7. The van der Waals surface area contributed by atoms with Crippen molar-refractivity contribution in [3.05, 3.63) is 71.3 Å². The molecule has 9 nitrogen and oxygen atoms in total. The number of nitrogens with zero attached hydrogens (tertiary/aromatic N) is 2. The average molecular weight is 630 g/mol. The summed E-state index contributed by atoms with van der Waals surface area (Å²) in [6.45, 7) is 4.35. The Kier molecular flexibility index (Phi) is 7.95. The van der Waals surface area contributed by atoms with Crippen LogP contribution in [0.4, 0.5) is 11.4 Å². The zero-order valence-corrected chi connectivity index (χ0v) is 26.4. The standard InChI is InChI=1S/C35H39N3O6S/c1-45(41,42)27-9-12-31(37-15-17-43-18-16-37)25(19-27)22-44-26-8-11-28-30(21-26)36-13-14-38-32-20-24(35(39)40)7-10-29(32)33(34(28)38)23-5-3-2-4-6-23/h7-12,19-21,23,36H,2-6,13-18,22H2,1H3,(H,39,40). The van der Waals surface area contributed by atoms with Crippen molar-refractivity contribution in [1.82, 2.24) is 4.57 Å². The van der Waals surface area contributed by atoms with Crippen molar-refractivity contribution in [3.8, 4) is 17.0 Å². The number of benzene rings is 3. The first kappa shape index (κ1) is 29.7. The van der Waals surface area contributed by atoms with Gasteiger partial charge in [0.15, 0.2) is 9.84 Å². The number of aromatic carboxylic acids is 1. The van der Waals surface area contributed by atoms with E-state index in [9.17, 15) is 18.3 Å². The Morgan fingerprint density at radius 2 is 1.80 bits per heavy atom. The topological polar surface area (TPSA) is 110 Å². The van der Waals surface area contributed by atoms with E-state index in [0.717, 1.165) is 59.3 Å². The first-order valence-electron chi connectivity index (χ1n) is 15.8. The summed E-state index contributed by atoms with van der Waals surface area (Å²) in [5, 5.41) is 14.5. The summed E-state index contributed by atoms with van der Waals surface area (Å²) < 4.78 is 39.0. The van der Waals surface area contributed by atoms with Gasteiger partial charge in [-0.2, -0.15) is 0 Å². The molecule has 2 N–H and O–H groups in total. The number of carbonyl (C=O) groups is 1. The minimum Gasteiger partial charge on any atom is -0.489 e. The summed E-state index contributed by atoms with van der Waals surface area (Å²) in [7, 11) is -3.38. The van der Waals surface area contributed by atoms with Crippen LogP contribution in [0.5, 0.6) is 5.75 Å². The SMILES string of the molecule is CS(=O)(=O)c1ccc(N2CCOCC2)c(COc2ccc3c(c2)NCCn2c-3c(C3CCCCC3)c3ccc(C(=O)O)cc32)c1. The fraction of sp³-hybridized carbons (Fsp3) is 0.400. The Morgan fingerprint density at radius 1 is 1.00 bits per heavy atom. The van der Waals surface area contributed by atoms with E-state index in [0.29, 0.717) is 43.5 Å². The van der Waals surface area contributed by atoms with Gasteiger partial charge in [0, 0.05) is 71.9 Å². The van der Waals surface area contributed by atoms with Crippen LogP contribution in [0.2, 0.25) is 0 Å². The number of anilines is 2. The summed E-state index contributed by atoms with van der Waals surface area (Å²) in [5.41, 5.74) is 7.61. The fourth-order valence-corrected chi connectivity index (χ4v) is 7.96. The Labute approximate surface area is 263 Å².